The standard InChI is InChI=1S/C14H21N3/c1-4-10-16-14(15-3)17-11-13-9-7-6-8-12(13)5-2/h4,6-9H,1,5,10-11H2,2-3H3,(H2,15,16,17). The molecule has 0 aliphatic heterocycles. The summed E-state index contributed by atoms with van der Waals surface area (Å²) in [4.78, 5) is 4.14. The van der Waals surface area contributed by atoms with E-state index < -0.39 is 0 Å². The van der Waals surface area contributed by atoms with E-state index in [4.69, 9.17) is 0 Å². The number of guanidine groups is 1. The van der Waals surface area contributed by atoms with Gasteiger partial charge in [0.05, 0.1) is 0 Å². The van der Waals surface area contributed by atoms with Gasteiger partial charge in [0.1, 0.15) is 0 Å². The summed E-state index contributed by atoms with van der Waals surface area (Å²) in [7, 11) is 1.77. The van der Waals surface area contributed by atoms with Crippen molar-refractivity contribution in [3.05, 3.63) is 48.0 Å². The van der Waals surface area contributed by atoms with Crippen LogP contribution in [-0.2, 0) is 13.0 Å². The summed E-state index contributed by atoms with van der Waals surface area (Å²) in [5, 5.41) is 6.43. The molecule has 2 N–H and O–H groups in total. The third-order valence-electron chi connectivity index (χ3n) is 2.58. The topological polar surface area (TPSA) is 36.4 Å². The molecular weight excluding hydrogens is 210 g/mol. The first-order valence-corrected chi connectivity index (χ1v) is 5.94. The lowest BCUT2D eigenvalue weighted by Gasteiger charge is -2.12. The van der Waals surface area contributed by atoms with Crippen molar-refractivity contribution >= 4 is 5.96 Å². The van der Waals surface area contributed by atoms with E-state index in [1.807, 2.05) is 6.08 Å². The van der Waals surface area contributed by atoms with E-state index >= 15 is 0 Å². The third kappa shape index (κ3) is 4.31. The van der Waals surface area contributed by atoms with Crippen LogP contribution in [0.1, 0.15) is 18.1 Å². The van der Waals surface area contributed by atoms with Crippen molar-refractivity contribution in [1.29, 1.82) is 0 Å². The Bertz CT molecular complexity index is 383. The van der Waals surface area contributed by atoms with Crippen LogP contribution in [0.4, 0.5) is 0 Å². The maximum absolute atomic E-state index is 4.14. The van der Waals surface area contributed by atoms with Crippen molar-refractivity contribution in [1.82, 2.24) is 10.6 Å². The SMILES string of the molecule is C=CCNC(=NC)NCc1ccccc1CC. The monoisotopic (exact) mass is 231 g/mol. The second kappa shape index (κ2) is 7.49. The molecule has 0 heterocycles. The van der Waals surface area contributed by atoms with Crippen LogP contribution in [0, 0.1) is 0 Å². The molecule has 1 aromatic rings. The van der Waals surface area contributed by atoms with E-state index in [9.17, 15) is 0 Å². The van der Waals surface area contributed by atoms with Gasteiger partial charge in [-0.15, -0.1) is 6.58 Å². The van der Waals surface area contributed by atoms with E-state index in [1.165, 1.54) is 11.1 Å². The number of benzene rings is 1. The van der Waals surface area contributed by atoms with Crippen LogP contribution in [0.25, 0.3) is 0 Å². The highest BCUT2D eigenvalue weighted by molar-refractivity contribution is 5.79. The van der Waals surface area contributed by atoms with Gasteiger partial charge in [0.15, 0.2) is 5.96 Å². The van der Waals surface area contributed by atoms with E-state index in [-0.39, 0.29) is 0 Å². The molecule has 0 atom stereocenters. The molecule has 0 bridgehead atoms. The van der Waals surface area contributed by atoms with Gasteiger partial charge in [-0.3, -0.25) is 4.99 Å². The second-order valence-corrected chi connectivity index (χ2v) is 3.72. The molecule has 92 valence electrons. The average Bonchev–Trinajstić information content (AvgIpc) is 2.39. The first kappa shape index (κ1) is 13.3. The minimum absolute atomic E-state index is 0.717. The Hall–Kier alpha value is -1.77. The van der Waals surface area contributed by atoms with Gasteiger partial charge < -0.3 is 10.6 Å². The van der Waals surface area contributed by atoms with Crippen molar-refractivity contribution < 1.29 is 0 Å². The number of hydrogen-bond donors (Lipinski definition) is 2. The summed E-state index contributed by atoms with van der Waals surface area (Å²) in [5.41, 5.74) is 2.69. The second-order valence-electron chi connectivity index (χ2n) is 3.72. The number of rotatable bonds is 5. The lowest BCUT2D eigenvalue weighted by Crippen LogP contribution is -2.36. The molecule has 1 rings (SSSR count). The third-order valence-corrected chi connectivity index (χ3v) is 2.58. The molecule has 0 aliphatic rings. The summed E-state index contributed by atoms with van der Waals surface area (Å²) < 4.78 is 0. The first-order valence-electron chi connectivity index (χ1n) is 5.94. The van der Waals surface area contributed by atoms with Gasteiger partial charge in [-0.25, -0.2) is 0 Å². The Kier molecular flexibility index (Phi) is 5.86. The molecule has 0 radical (unpaired) electrons. The van der Waals surface area contributed by atoms with Crippen LogP contribution in [0.15, 0.2) is 41.9 Å². The smallest absolute Gasteiger partial charge is 0.191 e. The molecule has 0 fully saturated rings. The van der Waals surface area contributed by atoms with E-state index in [0.717, 1.165) is 25.5 Å². The van der Waals surface area contributed by atoms with Gasteiger partial charge in [0.25, 0.3) is 0 Å². The molecule has 0 amide bonds. The van der Waals surface area contributed by atoms with Crippen molar-refractivity contribution in [3.8, 4) is 0 Å². The van der Waals surface area contributed by atoms with Crippen molar-refractivity contribution in [2.24, 2.45) is 4.99 Å². The number of nitrogens with one attached hydrogen (secondary N) is 2. The highest BCUT2D eigenvalue weighted by atomic mass is 15.2. The molecule has 0 aromatic heterocycles. The maximum atomic E-state index is 4.14. The molecule has 0 saturated heterocycles. The van der Waals surface area contributed by atoms with Gasteiger partial charge in [-0.2, -0.15) is 0 Å². The predicted molar refractivity (Wildman–Crippen MR) is 74.2 cm³/mol. The molecule has 0 unspecified atom stereocenters. The Morgan fingerprint density at radius 3 is 2.59 bits per heavy atom. The lowest BCUT2D eigenvalue weighted by atomic mass is 10.1. The number of aryl methyl sites for hydroxylation is 1. The predicted octanol–water partition coefficient (Wildman–Crippen LogP) is 2.10. The number of aliphatic imine (C=N–C) groups is 1. The highest BCUT2D eigenvalue weighted by Gasteiger charge is 2.00. The lowest BCUT2D eigenvalue weighted by molar-refractivity contribution is 0.836. The summed E-state index contributed by atoms with van der Waals surface area (Å²) >= 11 is 0. The summed E-state index contributed by atoms with van der Waals surface area (Å²) in [6.07, 6.45) is 2.86. The Balaban J connectivity index is 2.56. The Morgan fingerprint density at radius 2 is 2.00 bits per heavy atom. The van der Waals surface area contributed by atoms with Gasteiger partial charge in [0.2, 0.25) is 0 Å². The number of hydrogen-bond acceptors (Lipinski definition) is 1. The Morgan fingerprint density at radius 1 is 1.29 bits per heavy atom. The molecule has 3 heteroatoms. The van der Waals surface area contributed by atoms with E-state index in [0.29, 0.717) is 0 Å². The average molecular weight is 231 g/mol. The fourth-order valence-corrected chi connectivity index (χ4v) is 1.64. The summed E-state index contributed by atoms with van der Waals surface area (Å²) in [5.74, 6) is 0.802. The van der Waals surface area contributed by atoms with Gasteiger partial charge >= 0.3 is 0 Å². The van der Waals surface area contributed by atoms with Gasteiger partial charge in [0, 0.05) is 20.1 Å². The van der Waals surface area contributed by atoms with E-state index in [1.54, 1.807) is 7.05 Å². The van der Waals surface area contributed by atoms with Gasteiger partial charge in [-0.1, -0.05) is 37.3 Å². The Labute approximate surface area is 104 Å². The maximum Gasteiger partial charge on any atom is 0.191 e. The van der Waals surface area contributed by atoms with Crippen molar-refractivity contribution in [2.75, 3.05) is 13.6 Å². The zero-order valence-electron chi connectivity index (χ0n) is 10.7. The molecule has 0 aliphatic carbocycles. The van der Waals surface area contributed by atoms with Crippen LogP contribution in [0.5, 0.6) is 0 Å². The highest BCUT2D eigenvalue weighted by Crippen LogP contribution is 2.08. The van der Waals surface area contributed by atoms with E-state index in [2.05, 4.69) is 53.4 Å². The molecule has 0 saturated carbocycles. The quantitative estimate of drug-likeness (QED) is 0.462. The van der Waals surface area contributed by atoms with Crippen LogP contribution in [0.3, 0.4) is 0 Å². The summed E-state index contributed by atoms with van der Waals surface area (Å²) in [6.45, 7) is 7.35. The zero-order valence-corrected chi connectivity index (χ0v) is 10.7. The van der Waals surface area contributed by atoms with Crippen LogP contribution < -0.4 is 10.6 Å². The minimum atomic E-state index is 0.717. The van der Waals surface area contributed by atoms with Crippen LogP contribution in [0.2, 0.25) is 0 Å². The zero-order chi connectivity index (χ0) is 12.5. The molecule has 17 heavy (non-hydrogen) atoms. The molecule has 1 aromatic carbocycles. The molecular formula is C14H21N3. The van der Waals surface area contributed by atoms with Crippen LogP contribution >= 0.6 is 0 Å². The fourth-order valence-electron chi connectivity index (χ4n) is 1.64. The largest absolute Gasteiger partial charge is 0.353 e. The fraction of sp³-hybridized carbons (Fsp3) is 0.357. The normalized spacial score (nSPS) is 11.1. The molecule has 3 nitrogen and oxygen atoms in total. The van der Waals surface area contributed by atoms with Crippen LogP contribution in [-0.4, -0.2) is 19.6 Å². The van der Waals surface area contributed by atoms with Crippen molar-refractivity contribution in [2.45, 2.75) is 19.9 Å². The van der Waals surface area contributed by atoms with Gasteiger partial charge in [-0.05, 0) is 17.5 Å². The summed E-state index contributed by atoms with van der Waals surface area (Å²) in [6, 6.07) is 8.45. The first-order chi connectivity index (χ1) is 8.31. The number of nitrogens with zero attached hydrogens (tertiary/aromatic N) is 1. The molecule has 0 spiro atoms. The van der Waals surface area contributed by atoms with Crippen molar-refractivity contribution in [3.63, 3.8) is 0 Å². The minimum Gasteiger partial charge on any atom is -0.353 e.